The van der Waals surface area contributed by atoms with E-state index in [0.29, 0.717) is 12.0 Å². The summed E-state index contributed by atoms with van der Waals surface area (Å²) in [5.74, 6) is 0.671. The fourth-order valence-electron chi connectivity index (χ4n) is 1.95. The maximum absolute atomic E-state index is 5.32. The highest BCUT2D eigenvalue weighted by Gasteiger charge is 2.15. The lowest BCUT2D eigenvalue weighted by atomic mass is 10.2. The van der Waals surface area contributed by atoms with Gasteiger partial charge in [0.15, 0.2) is 0 Å². The number of hydrogen-bond donors (Lipinski definition) is 1. The first kappa shape index (κ1) is 16.1. The normalized spacial score (nSPS) is 13.2. The predicted molar refractivity (Wildman–Crippen MR) is 79.1 cm³/mol. The van der Waals surface area contributed by atoms with E-state index in [0.717, 1.165) is 31.9 Å². The Morgan fingerprint density at radius 2 is 2.11 bits per heavy atom. The van der Waals surface area contributed by atoms with Gasteiger partial charge in [-0.15, -0.1) is 0 Å². The Labute approximate surface area is 117 Å². The quantitative estimate of drug-likeness (QED) is 0.738. The van der Waals surface area contributed by atoms with Crippen LogP contribution in [0.5, 0.6) is 0 Å². The Balaban J connectivity index is 2.45. The van der Waals surface area contributed by atoms with E-state index in [-0.39, 0.29) is 0 Å². The highest BCUT2D eigenvalue weighted by Crippen LogP contribution is 2.04. The van der Waals surface area contributed by atoms with Crippen molar-refractivity contribution in [2.45, 2.75) is 26.4 Å². The molecule has 1 aromatic heterocycles. The third-order valence-electron chi connectivity index (χ3n) is 3.05. The number of hydrogen-bond acceptors (Lipinski definition) is 4. The minimum absolute atomic E-state index is 0.366. The number of ether oxygens (including phenoxy) is 1. The van der Waals surface area contributed by atoms with Gasteiger partial charge in [0.2, 0.25) is 0 Å². The van der Waals surface area contributed by atoms with E-state index in [1.807, 2.05) is 18.3 Å². The molecule has 0 fully saturated rings. The molecular weight excluding hydrogens is 238 g/mol. The third-order valence-corrected chi connectivity index (χ3v) is 3.05. The van der Waals surface area contributed by atoms with Crippen molar-refractivity contribution in [2.75, 3.05) is 33.9 Å². The van der Waals surface area contributed by atoms with E-state index in [1.165, 1.54) is 0 Å². The molecule has 19 heavy (non-hydrogen) atoms. The number of rotatable bonds is 9. The molecule has 0 aliphatic carbocycles. The highest BCUT2D eigenvalue weighted by atomic mass is 16.5. The summed E-state index contributed by atoms with van der Waals surface area (Å²) in [5, 5.41) is 3.49. The summed E-state index contributed by atoms with van der Waals surface area (Å²) in [6.45, 7) is 7.99. The summed E-state index contributed by atoms with van der Waals surface area (Å²) in [7, 11) is 3.87. The van der Waals surface area contributed by atoms with Crippen LogP contribution < -0.4 is 5.32 Å². The Kier molecular flexibility index (Phi) is 7.63. The molecule has 0 aromatic carbocycles. The molecule has 4 heteroatoms. The first-order valence-electron chi connectivity index (χ1n) is 6.93. The fraction of sp³-hybridized carbons (Fsp3) is 0.667. The van der Waals surface area contributed by atoms with Crippen molar-refractivity contribution in [3.63, 3.8) is 0 Å². The molecule has 0 saturated carbocycles. The molecule has 4 nitrogen and oxygen atoms in total. The molecule has 0 bridgehead atoms. The summed E-state index contributed by atoms with van der Waals surface area (Å²) in [4.78, 5) is 6.66. The van der Waals surface area contributed by atoms with Gasteiger partial charge in [-0.3, -0.25) is 9.88 Å². The molecule has 1 aromatic rings. The number of pyridine rings is 1. The minimum Gasteiger partial charge on any atom is -0.383 e. The fourth-order valence-corrected chi connectivity index (χ4v) is 1.95. The maximum Gasteiger partial charge on any atom is 0.0630 e. The van der Waals surface area contributed by atoms with Gasteiger partial charge in [-0.1, -0.05) is 19.9 Å². The van der Waals surface area contributed by atoms with Crippen molar-refractivity contribution in [2.24, 2.45) is 5.92 Å². The molecule has 0 saturated heterocycles. The van der Waals surface area contributed by atoms with Crippen molar-refractivity contribution >= 4 is 0 Å². The second-order valence-electron chi connectivity index (χ2n) is 5.40. The van der Waals surface area contributed by atoms with Crippen LogP contribution >= 0.6 is 0 Å². The summed E-state index contributed by atoms with van der Waals surface area (Å²) >= 11 is 0. The summed E-state index contributed by atoms with van der Waals surface area (Å²) in [6, 6.07) is 6.39. The van der Waals surface area contributed by atoms with E-state index >= 15 is 0 Å². The Morgan fingerprint density at radius 3 is 2.68 bits per heavy atom. The number of nitrogens with one attached hydrogen (secondary N) is 1. The maximum atomic E-state index is 5.32. The van der Waals surface area contributed by atoms with E-state index in [2.05, 4.69) is 42.2 Å². The average molecular weight is 265 g/mol. The third kappa shape index (κ3) is 6.66. The molecular formula is C15H27N3O. The predicted octanol–water partition coefficient (Wildman–Crippen LogP) is 1.77. The van der Waals surface area contributed by atoms with Gasteiger partial charge < -0.3 is 10.1 Å². The molecule has 1 heterocycles. The zero-order valence-corrected chi connectivity index (χ0v) is 12.6. The summed E-state index contributed by atoms with van der Waals surface area (Å²) in [5.41, 5.74) is 1.09. The lowest BCUT2D eigenvalue weighted by Crippen LogP contribution is -2.43. The van der Waals surface area contributed by atoms with Gasteiger partial charge in [-0.05, 0) is 31.6 Å². The Hall–Kier alpha value is -0.970. The van der Waals surface area contributed by atoms with Gasteiger partial charge in [0.25, 0.3) is 0 Å². The van der Waals surface area contributed by atoms with Crippen LogP contribution in [0.2, 0.25) is 0 Å². The van der Waals surface area contributed by atoms with Crippen molar-refractivity contribution < 1.29 is 4.74 Å². The zero-order valence-electron chi connectivity index (χ0n) is 12.6. The first-order valence-corrected chi connectivity index (χ1v) is 6.93. The van der Waals surface area contributed by atoms with E-state index in [9.17, 15) is 0 Å². The number of likely N-dealkylation sites (N-methyl/N-ethyl adjacent to an activating group) is 1. The van der Waals surface area contributed by atoms with Crippen LogP contribution in [-0.4, -0.2) is 49.8 Å². The smallest absolute Gasteiger partial charge is 0.0630 e. The van der Waals surface area contributed by atoms with Crippen LogP contribution in [-0.2, 0) is 11.3 Å². The number of aromatic nitrogens is 1. The molecule has 0 aliphatic rings. The molecule has 1 N–H and O–H groups in total. The van der Waals surface area contributed by atoms with Crippen molar-refractivity contribution in [1.82, 2.24) is 15.2 Å². The van der Waals surface area contributed by atoms with Crippen LogP contribution in [0, 0.1) is 5.92 Å². The van der Waals surface area contributed by atoms with Gasteiger partial charge in [0.05, 0.1) is 12.3 Å². The van der Waals surface area contributed by atoms with E-state index < -0.39 is 0 Å². The van der Waals surface area contributed by atoms with E-state index in [4.69, 9.17) is 4.74 Å². The zero-order chi connectivity index (χ0) is 14.1. The second kappa shape index (κ2) is 9.02. The molecule has 0 spiro atoms. The first-order chi connectivity index (χ1) is 9.13. The molecule has 0 aliphatic heterocycles. The topological polar surface area (TPSA) is 37.4 Å². The van der Waals surface area contributed by atoms with Gasteiger partial charge in [0, 0.05) is 32.4 Å². The van der Waals surface area contributed by atoms with Gasteiger partial charge in [-0.25, -0.2) is 0 Å². The number of nitrogens with zero attached hydrogens (tertiary/aromatic N) is 2. The SMILES string of the molecule is COCC(CNCC(C)C)N(C)Cc1ccccn1. The Bertz CT molecular complexity index is 329. The van der Waals surface area contributed by atoms with Crippen LogP contribution in [0.25, 0.3) is 0 Å². The monoisotopic (exact) mass is 265 g/mol. The molecule has 1 unspecified atom stereocenters. The van der Waals surface area contributed by atoms with Gasteiger partial charge in [0.1, 0.15) is 0 Å². The largest absolute Gasteiger partial charge is 0.383 e. The standard InChI is InChI=1S/C15H27N3O/c1-13(2)9-16-10-15(12-19-4)18(3)11-14-7-5-6-8-17-14/h5-8,13,15-16H,9-12H2,1-4H3. The molecule has 1 rings (SSSR count). The van der Waals surface area contributed by atoms with Crippen LogP contribution in [0.15, 0.2) is 24.4 Å². The van der Waals surface area contributed by atoms with Crippen molar-refractivity contribution in [3.05, 3.63) is 30.1 Å². The van der Waals surface area contributed by atoms with Crippen LogP contribution in [0.1, 0.15) is 19.5 Å². The lowest BCUT2D eigenvalue weighted by Gasteiger charge is -2.27. The summed E-state index contributed by atoms with van der Waals surface area (Å²) < 4.78 is 5.32. The summed E-state index contributed by atoms with van der Waals surface area (Å²) in [6.07, 6.45) is 1.84. The van der Waals surface area contributed by atoms with Gasteiger partial charge >= 0.3 is 0 Å². The second-order valence-corrected chi connectivity index (χ2v) is 5.40. The molecule has 1 atom stereocenters. The number of methoxy groups -OCH3 is 1. The van der Waals surface area contributed by atoms with Crippen molar-refractivity contribution in [1.29, 1.82) is 0 Å². The lowest BCUT2D eigenvalue weighted by molar-refractivity contribution is 0.100. The highest BCUT2D eigenvalue weighted by molar-refractivity contribution is 5.03. The van der Waals surface area contributed by atoms with Crippen molar-refractivity contribution in [3.8, 4) is 0 Å². The van der Waals surface area contributed by atoms with Crippen LogP contribution in [0.4, 0.5) is 0 Å². The Morgan fingerprint density at radius 1 is 1.32 bits per heavy atom. The van der Waals surface area contributed by atoms with E-state index in [1.54, 1.807) is 7.11 Å². The average Bonchev–Trinajstić information content (AvgIpc) is 2.38. The van der Waals surface area contributed by atoms with Gasteiger partial charge in [-0.2, -0.15) is 0 Å². The molecule has 0 amide bonds. The minimum atomic E-state index is 0.366. The van der Waals surface area contributed by atoms with Crippen LogP contribution in [0.3, 0.4) is 0 Å². The molecule has 0 radical (unpaired) electrons. The molecule has 108 valence electrons.